The van der Waals surface area contributed by atoms with E-state index in [9.17, 15) is 23.3 Å². The lowest BCUT2D eigenvalue weighted by molar-refractivity contribution is -0.385. The van der Waals surface area contributed by atoms with Gasteiger partial charge in [-0.25, -0.2) is 18.4 Å². The van der Waals surface area contributed by atoms with Crippen molar-refractivity contribution < 1.29 is 23.2 Å². The summed E-state index contributed by atoms with van der Waals surface area (Å²) in [5, 5.41) is 24.2. The highest BCUT2D eigenvalue weighted by atomic mass is 32.2. The van der Waals surface area contributed by atoms with Crippen molar-refractivity contribution in [2.45, 2.75) is 11.8 Å². The molecule has 17 heavy (non-hydrogen) atoms. The zero-order valence-corrected chi connectivity index (χ0v) is 9.39. The van der Waals surface area contributed by atoms with Gasteiger partial charge in [0, 0.05) is 11.6 Å². The van der Waals surface area contributed by atoms with Crippen LogP contribution in [0, 0.1) is 17.0 Å². The first-order valence-corrected chi connectivity index (χ1v) is 5.74. The molecular formula is C8H8N2O6S. The van der Waals surface area contributed by atoms with E-state index in [4.69, 9.17) is 10.2 Å². The predicted octanol–water partition coefficient (Wildman–Crippen LogP) is 0.249. The molecule has 0 bridgehead atoms. The van der Waals surface area contributed by atoms with Gasteiger partial charge < -0.3 is 5.11 Å². The molecule has 0 unspecified atom stereocenters. The van der Waals surface area contributed by atoms with Crippen molar-refractivity contribution in [1.29, 1.82) is 0 Å². The van der Waals surface area contributed by atoms with Crippen LogP contribution in [0.5, 0.6) is 0 Å². The third-order valence-electron chi connectivity index (χ3n) is 2.08. The highest BCUT2D eigenvalue weighted by molar-refractivity contribution is 7.89. The summed E-state index contributed by atoms with van der Waals surface area (Å²) in [7, 11) is -4.21. The van der Waals surface area contributed by atoms with Crippen LogP contribution in [0.2, 0.25) is 0 Å². The molecule has 0 spiro atoms. The van der Waals surface area contributed by atoms with Gasteiger partial charge >= 0.3 is 5.97 Å². The van der Waals surface area contributed by atoms with Crippen LogP contribution in [0.3, 0.4) is 0 Å². The fourth-order valence-corrected chi connectivity index (χ4v) is 2.10. The van der Waals surface area contributed by atoms with Crippen molar-refractivity contribution in [3.63, 3.8) is 0 Å². The number of nitro groups is 1. The molecule has 8 nitrogen and oxygen atoms in total. The maximum atomic E-state index is 11.2. The minimum Gasteiger partial charge on any atom is -0.478 e. The molecule has 0 aliphatic heterocycles. The molecule has 0 heterocycles. The lowest BCUT2D eigenvalue weighted by Gasteiger charge is -2.05. The van der Waals surface area contributed by atoms with Crippen LogP contribution >= 0.6 is 0 Å². The van der Waals surface area contributed by atoms with Gasteiger partial charge in [-0.15, -0.1) is 0 Å². The first kappa shape index (κ1) is 13.1. The summed E-state index contributed by atoms with van der Waals surface area (Å²) in [6.07, 6.45) is 0. The Labute approximate surface area is 95.9 Å². The predicted molar refractivity (Wildman–Crippen MR) is 56.2 cm³/mol. The highest BCUT2D eigenvalue weighted by Gasteiger charge is 2.24. The average molecular weight is 260 g/mol. The molecule has 0 radical (unpaired) electrons. The number of benzene rings is 1. The van der Waals surface area contributed by atoms with E-state index in [2.05, 4.69) is 0 Å². The van der Waals surface area contributed by atoms with Gasteiger partial charge in [0.1, 0.15) is 0 Å². The fraction of sp³-hybridized carbons (Fsp3) is 0.125. The van der Waals surface area contributed by atoms with Crippen LogP contribution in [0.15, 0.2) is 17.0 Å². The topological polar surface area (TPSA) is 141 Å². The molecule has 1 aromatic carbocycles. The van der Waals surface area contributed by atoms with Crippen LogP contribution in [-0.4, -0.2) is 24.4 Å². The number of nitro benzene ring substituents is 1. The molecule has 0 amide bonds. The molecule has 0 saturated carbocycles. The second-order valence-electron chi connectivity index (χ2n) is 3.23. The van der Waals surface area contributed by atoms with Gasteiger partial charge in [0.25, 0.3) is 5.69 Å². The minimum atomic E-state index is -4.21. The maximum absolute atomic E-state index is 11.2. The molecule has 0 aromatic heterocycles. The molecule has 92 valence electrons. The van der Waals surface area contributed by atoms with Crippen molar-refractivity contribution in [3.8, 4) is 0 Å². The summed E-state index contributed by atoms with van der Waals surface area (Å²) in [5.74, 6) is -1.47. The third kappa shape index (κ3) is 2.57. The van der Waals surface area contributed by atoms with Gasteiger partial charge in [-0.1, -0.05) is 0 Å². The van der Waals surface area contributed by atoms with Gasteiger partial charge in [0.2, 0.25) is 10.0 Å². The second-order valence-corrected chi connectivity index (χ2v) is 4.76. The van der Waals surface area contributed by atoms with Gasteiger partial charge in [-0.3, -0.25) is 10.1 Å². The number of hydrogen-bond acceptors (Lipinski definition) is 5. The van der Waals surface area contributed by atoms with E-state index < -0.39 is 37.1 Å². The Bertz CT molecular complexity index is 607. The number of sulfonamides is 1. The summed E-state index contributed by atoms with van der Waals surface area (Å²) in [5.41, 5.74) is -1.30. The minimum absolute atomic E-state index is 0.192. The van der Waals surface area contributed by atoms with Gasteiger partial charge in [-0.2, -0.15) is 0 Å². The quantitative estimate of drug-likeness (QED) is 0.589. The zero-order valence-electron chi connectivity index (χ0n) is 8.58. The molecular weight excluding hydrogens is 252 g/mol. The number of carboxylic acid groups (broad SMARTS) is 1. The number of nitrogens with zero attached hydrogens (tertiary/aromatic N) is 1. The first-order valence-electron chi connectivity index (χ1n) is 4.19. The number of nitrogens with two attached hydrogens (primary N) is 1. The molecule has 1 rings (SSSR count). The van der Waals surface area contributed by atoms with Crippen LogP contribution in [-0.2, 0) is 10.0 Å². The standard InChI is InChI=1S/C8H8N2O6S/c1-4-6(10(13)14)2-5(8(11)12)3-7(4)17(9,15)16/h2-3H,1H3,(H,11,12)(H2,9,15,16). The van der Waals surface area contributed by atoms with Crippen molar-refractivity contribution in [1.82, 2.24) is 0 Å². The van der Waals surface area contributed by atoms with E-state index >= 15 is 0 Å². The third-order valence-corrected chi connectivity index (χ3v) is 3.12. The Morgan fingerprint density at radius 3 is 2.35 bits per heavy atom. The van der Waals surface area contributed by atoms with Crippen LogP contribution in [0.4, 0.5) is 5.69 Å². The summed E-state index contributed by atoms with van der Waals surface area (Å²) >= 11 is 0. The maximum Gasteiger partial charge on any atom is 0.335 e. The summed E-state index contributed by atoms with van der Waals surface area (Å²) in [4.78, 5) is 19.9. The smallest absolute Gasteiger partial charge is 0.335 e. The monoisotopic (exact) mass is 260 g/mol. The van der Waals surface area contributed by atoms with E-state index in [1.807, 2.05) is 0 Å². The number of aromatic carboxylic acids is 1. The molecule has 0 aliphatic rings. The van der Waals surface area contributed by atoms with Crippen molar-refractivity contribution in [3.05, 3.63) is 33.4 Å². The molecule has 0 fully saturated rings. The molecule has 9 heteroatoms. The number of carbonyl (C=O) groups is 1. The first-order chi connectivity index (χ1) is 7.64. The van der Waals surface area contributed by atoms with E-state index in [0.29, 0.717) is 0 Å². The molecule has 0 saturated heterocycles. The Balaban J connectivity index is 3.73. The molecule has 1 aromatic rings. The molecule has 3 N–H and O–H groups in total. The Morgan fingerprint density at radius 2 is 2.00 bits per heavy atom. The van der Waals surface area contributed by atoms with Crippen LogP contribution in [0.25, 0.3) is 0 Å². The van der Waals surface area contributed by atoms with Crippen molar-refractivity contribution >= 4 is 21.7 Å². The average Bonchev–Trinajstić information content (AvgIpc) is 2.15. The van der Waals surface area contributed by atoms with E-state index in [0.717, 1.165) is 12.1 Å². The van der Waals surface area contributed by atoms with Crippen LogP contribution < -0.4 is 5.14 Å². The number of hydrogen-bond donors (Lipinski definition) is 2. The van der Waals surface area contributed by atoms with Crippen molar-refractivity contribution in [2.24, 2.45) is 5.14 Å². The number of carboxylic acids is 1. The summed E-state index contributed by atoms with van der Waals surface area (Å²) in [6, 6.07) is 1.58. The van der Waals surface area contributed by atoms with Gasteiger partial charge in [0.15, 0.2) is 0 Å². The fourth-order valence-electron chi connectivity index (χ4n) is 1.28. The van der Waals surface area contributed by atoms with Crippen molar-refractivity contribution in [2.75, 3.05) is 0 Å². The summed E-state index contributed by atoms with van der Waals surface area (Å²) < 4.78 is 22.3. The lowest BCUT2D eigenvalue weighted by atomic mass is 10.1. The number of rotatable bonds is 3. The van der Waals surface area contributed by atoms with Gasteiger partial charge in [-0.05, 0) is 13.0 Å². The normalized spacial score (nSPS) is 11.2. The zero-order chi connectivity index (χ0) is 13.4. The van der Waals surface area contributed by atoms with E-state index in [-0.39, 0.29) is 5.56 Å². The summed E-state index contributed by atoms with van der Waals surface area (Å²) in [6.45, 7) is 1.18. The highest BCUT2D eigenvalue weighted by Crippen LogP contribution is 2.26. The lowest BCUT2D eigenvalue weighted by Crippen LogP contribution is -2.15. The Kier molecular flexibility index (Phi) is 3.16. The molecule has 0 atom stereocenters. The Hall–Kier alpha value is -2.00. The Morgan fingerprint density at radius 1 is 1.47 bits per heavy atom. The van der Waals surface area contributed by atoms with E-state index in [1.54, 1.807) is 0 Å². The SMILES string of the molecule is Cc1c([N+](=O)[O-])cc(C(=O)O)cc1S(N)(=O)=O. The number of primary sulfonamides is 1. The largest absolute Gasteiger partial charge is 0.478 e. The van der Waals surface area contributed by atoms with E-state index in [1.165, 1.54) is 6.92 Å². The second kappa shape index (κ2) is 4.11. The van der Waals surface area contributed by atoms with Gasteiger partial charge in [0.05, 0.1) is 15.4 Å². The van der Waals surface area contributed by atoms with Crippen LogP contribution in [0.1, 0.15) is 15.9 Å². The molecule has 0 aliphatic carbocycles.